The van der Waals surface area contributed by atoms with Gasteiger partial charge in [-0.2, -0.15) is 0 Å². The second-order valence-corrected chi connectivity index (χ2v) is 7.91. The summed E-state index contributed by atoms with van der Waals surface area (Å²) in [5, 5.41) is 3.96. The number of pyridine rings is 1. The van der Waals surface area contributed by atoms with E-state index in [0.717, 1.165) is 33.5 Å². The van der Waals surface area contributed by atoms with Crippen LogP contribution >= 0.6 is 0 Å². The molecule has 2 atom stereocenters. The highest BCUT2D eigenvalue weighted by atomic mass is 16.5. The number of amides is 1. The molecule has 5 N–H and O–H groups in total. The molecule has 3 heterocycles. The molecule has 162 valence electrons. The first-order chi connectivity index (χ1) is 15.6. The molecule has 0 saturated carbocycles. The number of hydrogen-bond donors (Lipinski definition) is 3. The van der Waals surface area contributed by atoms with Gasteiger partial charge in [-0.15, -0.1) is 5.10 Å². The van der Waals surface area contributed by atoms with Gasteiger partial charge in [0.1, 0.15) is 0 Å². The van der Waals surface area contributed by atoms with Crippen LogP contribution < -0.4 is 21.8 Å². The van der Waals surface area contributed by atoms with Gasteiger partial charge in [0.05, 0.1) is 6.04 Å². The lowest BCUT2D eigenvalue weighted by atomic mass is 9.96. The molecule has 0 aliphatic carbocycles. The van der Waals surface area contributed by atoms with Crippen molar-refractivity contribution in [1.29, 1.82) is 0 Å². The zero-order valence-electron chi connectivity index (χ0n) is 17.4. The zero-order valence-corrected chi connectivity index (χ0v) is 17.4. The number of nitrogens with zero attached hydrogens (tertiary/aromatic N) is 3. The SMILES string of the molecule is NC1=NNC(c2cc(-c3ccncc3)cc3c2CCN3C(=O)C(N)Cc2ccccc2)O1. The largest absolute Gasteiger partial charge is 0.434 e. The monoisotopic (exact) mass is 428 g/mol. The van der Waals surface area contributed by atoms with Crippen LogP contribution in [0.15, 0.2) is 72.1 Å². The molecular formula is C24H24N6O2. The summed E-state index contributed by atoms with van der Waals surface area (Å²) in [5.41, 5.74) is 20.8. The van der Waals surface area contributed by atoms with Crippen LogP contribution in [0.25, 0.3) is 11.1 Å². The highest BCUT2D eigenvalue weighted by Gasteiger charge is 2.33. The molecule has 0 spiro atoms. The van der Waals surface area contributed by atoms with E-state index in [1.54, 1.807) is 17.3 Å². The lowest BCUT2D eigenvalue weighted by Gasteiger charge is -2.23. The normalized spacial score (nSPS) is 17.8. The summed E-state index contributed by atoms with van der Waals surface area (Å²) in [7, 11) is 0. The fraction of sp³-hybridized carbons (Fsp3) is 0.208. The first kappa shape index (κ1) is 20.0. The molecule has 1 aromatic heterocycles. The third-order valence-electron chi connectivity index (χ3n) is 5.85. The van der Waals surface area contributed by atoms with Crippen molar-refractivity contribution >= 4 is 17.6 Å². The predicted molar refractivity (Wildman–Crippen MR) is 122 cm³/mol. The van der Waals surface area contributed by atoms with E-state index < -0.39 is 12.3 Å². The quantitative estimate of drug-likeness (QED) is 0.572. The Balaban J connectivity index is 1.50. The van der Waals surface area contributed by atoms with Crippen molar-refractivity contribution in [3.8, 4) is 11.1 Å². The average molecular weight is 428 g/mol. The van der Waals surface area contributed by atoms with Crippen molar-refractivity contribution < 1.29 is 9.53 Å². The number of rotatable bonds is 5. The summed E-state index contributed by atoms with van der Waals surface area (Å²) >= 11 is 0. The van der Waals surface area contributed by atoms with Crippen molar-refractivity contribution in [2.75, 3.05) is 11.4 Å². The number of hydrogen-bond acceptors (Lipinski definition) is 7. The van der Waals surface area contributed by atoms with Crippen molar-refractivity contribution in [3.63, 3.8) is 0 Å². The topological polar surface area (TPSA) is 119 Å². The fourth-order valence-corrected chi connectivity index (χ4v) is 4.29. The van der Waals surface area contributed by atoms with Crippen LogP contribution in [-0.4, -0.2) is 29.5 Å². The molecular weight excluding hydrogens is 404 g/mol. The molecule has 2 aliphatic rings. The molecule has 3 aromatic rings. The maximum absolute atomic E-state index is 13.3. The zero-order chi connectivity index (χ0) is 22.1. The first-order valence-corrected chi connectivity index (χ1v) is 10.5. The molecule has 8 nitrogen and oxygen atoms in total. The molecule has 1 amide bonds. The molecule has 2 unspecified atom stereocenters. The minimum atomic E-state index is -0.629. The number of amidine groups is 1. The van der Waals surface area contributed by atoms with Gasteiger partial charge in [-0.3, -0.25) is 15.2 Å². The molecule has 0 radical (unpaired) electrons. The van der Waals surface area contributed by atoms with Crippen LogP contribution in [0, 0.1) is 0 Å². The van der Waals surface area contributed by atoms with E-state index in [1.165, 1.54) is 0 Å². The molecule has 5 rings (SSSR count). The van der Waals surface area contributed by atoms with Crippen LogP contribution in [-0.2, 0) is 22.4 Å². The summed E-state index contributed by atoms with van der Waals surface area (Å²) in [4.78, 5) is 19.2. The Hall–Kier alpha value is -3.91. The van der Waals surface area contributed by atoms with Crippen LogP contribution in [0.3, 0.4) is 0 Å². The summed E-state index contributed by atoms with van der Waals surface area (Å²) in [6.45, 7) is 0.562. The Bertz CT molecular complexity index is 1170. The molecule has 32 heavy (non-hydrogen) atoms. The number of hydrazone groups is 1. The van der Waals surface area contributed by atoms with Gasteiger partial charge >= 0.3 is 6.02 Å². The van der Waals surface area contributed by atoms with Crippen molar-refractivity contribution in [2.24, 2.45) is 16.6 Å². The van der Waals surface area contributed by atoms with Crippen LogP contribution in [0.1, 0.15) is 22.9 Å². The number of benzene rings is 2. The van der Waals surface area contributed by atoms with E-state index in [-0.39, 0.29) is 11.9 Å². The maximum atomic E-state index is 13.3. The highest BCUT2D eigenvalue weighted by molar-refractivity contribution is 6.00. The smallest absolute Gasteiger partial charge is 0.306 e. The maximum Gasteiger partial charge on any atom is 0.306 e. The van der Waals surface area contributed by atoms with Crippen molar-refractivity contribution in [3.05, 3.63) is 83.7 Å². The molecule has 0 saturated heterocycles. The number of anilines is 1. The van der Waals surface area contributed by atoms with Crippen LogP contribution in [0.4, 0.5) is 5.69 Å². The Labute approximate surface area is 185 Å². The second kappa shape index (κ2) is 8.32. The predicted octanol–water partition coefficient (Wildman–Crippen LogP) is 2.06. The number of nitrogens with two attached hydrogens (primary N) is 2. The van der Waals surface area contributed by atoms with E-state index in [0.29, 0.717) is 19.4 Å². The minimum absolute atomic E-state index is 0.0916. The van der Waals surface area contributed by atoms with E-state index in [1.807, 2.05) is 48.5 Å². The number of ether oxygens (including phenoxy) is 1. The Morgan fingerprint density at radius 1 is 1.16 bits per heavy atom. The molecule has 0 bridgehead atoms. The third kappa shape index (κ3) is 3.76. The number of carbonyl (C=O) groups excluding carboxylic acids is 1. The van der Waals surface area contributed by atoms with Crippen LogP contribution in [0.5, 0.6) is 0 Å². The average Bonchev–Trinajstić information content (AvgIpc) is 3.45. The summed E-state index contributed by atoms with van der Waals surface area (Å²) < 4.78 is 5.66. The molecule has 8 heteroatoms. The standard InChI is InChI=1S/C24H24N6O2/c25-20(12-15-4-2-1-3-5-15)23(31)30-11-8-18-19(22-28-29-24(26)32-22)13-17(14-21(18)30)16-6-9-27-10-7-16/h1-7,9-10,13-14,20,22,28H,8,11-12,25H2,(H2,26,29). The summed E-state index contributed by atoms with van der Waals surface area (Å²) in [5.74, 6) is -0.0958. The van der Waals surface area contributed by atoms with Gasteiger partial charge in [-0.25, -0.2) is 0 Å². The highest BCUT2D eigenvalue weighted by Crippen LogP contribution is 2.39. The summed E-state index contributed by atoms with van der Waals surface area (Å²) in [6, 6.07) is 17.2. The van der Waals surface area contributed by atoms with Gasteiger partial charge in [0, 0.05) is 30.2 Å². The number of carbonyl (C=O) groups is 1. The molecule has 0 fully saturated rings. The van der Waals surface area contributed by atoms with Gasteiger partial charge in [0.15, 0.2) is 0 Å². The Morgan fingerprint density at radius 2 is 1.94 bits per heavy atom. The van der Waals surface area contributed by atoms with Crippen LogP contribution in [0.2, 0.25) is 0 Å². The van der Waals surface area contributed by atoms with Crippen molar-refractivity contribution in [2.45, 2.75) is 25.1 Å². The second-order valence-electron chi connectivity index (χ2n) is 7.91. The Kier molecular flexibility index (Phi) is 5.20. The molecule has 2 aromatic carbocycles. The van der Waals surface area contributed by atoms with E-state index in [9.17, 15) is 4.79 Å². The lowest BCUT2D eigenvalue weighted by Crippen LogP contribution is -2.44. The lowest BCUT2D eigenvalue weighted by molar-refractivity contribution is -0.119. The van der Waals surface area contributed by atoms with Gasteiger partial charge < -0.3 is 21.1 Å². The van der Waals surface area contributed by atoms with E-state index in [2.05, 4.69) is 21.6 Å². The van der Waals surface area contributed by atoms with Gasteiger partial charge in [0.2, 0.25) is 12.1 Å². The fourth-order valence-electron chi connectivity index (χ4n) is 4.29. The van der Waals surface area contributed by atoms with Gasteiger partial charge in [-0.1, -0.05) is 30.3 Å². The number of nitrogens with one attached hydrogen (secondary N) is 1. The van der Waals surface area contributed by atoms with E-state index in [4.69, 9.17) is 16.2 Å². The third-order valence-corrected chi connectivity index (χ3v) is 5.85. The van der Waals surface area contributed by atoms with Crippen molar-refractivity contribution in [1.82, 2.24) is 10.4 Å². The first-order valence-electron chi connectivity index (χ1n) is 10.5. The van der Waals surface area contributed by atoms with E-state index >= 15 is 0 Å². The number of fused-ring (bicyclic) bond motifs is 1. The summed E-state index contributed by atoms with van der Waals surface area (Å²) in [6.07, 6.45) is 4.17. The van der Waals surface area contributed by atoms with Gasteiger partial charge in [-0.05, 0) is 59.4 Å². The number of aromatic nitrogens is 1. The minimum Gasteiger partial charge on any atom is -0.434 e. The van der Waals surface area contributed by atoms with Gasteiger partial charge in [0.25, 0.3) is 0 Å². The Morgan fingerprint density at radius 3 is 2.66 bits per heavy atom. The molecule has 2 aliphatic heterocycles.